The van der Waals surface area contributed by atoms with E-state index in [0.29, 0.717) is 52.8 Å². The minimum absolute atomic E-state index is 0.0760. The number of aromatic amines is 1. The van der Waals surface area contributed by atoms with Crippen LogP contribution in [-0.4, -0.2) is 54.1 Å². The van der Waals surface area contributed by atoms with Gasteiger partial charge in [-0.3, -0.25) is 9.89 Å². The molecule has 4 N–H and O–H groups in total. The van der Waals surface area contributed by atoms with E-state index in [9.17, 15) is 17.6 Å². The van der Waals surface area contributed by atoms with E-state index in [2.05, 4.69) is 20.1 Å². The van der Waals surface area contributed by atoms with Gasteiger partial charge in [0.2, 0.25) is 5.65 Å². The number of fused-ring (bicyclic) bond motifs is 3. The molecule has 37 heavy (non-hydrogen) atoms. The van der Waals surface area contributed by atoms with Gasteiger partial charge in [-0.15, -0.1) is 0 Å². The summed E-state index contributed by atoms with van der Waals surface area (Å²) < 4.78 is 41.2. The molecule has 1 saturated carbocycles. The van der Waals surface area contributed by atoms with Crippen molar-refractivity contribution in [3.8, 4) is 11.3 Å². The van der Waals surface area contributed by atoms with E-state index in [-0.39, 0.29) is 27.6 Å². The molecule has 4 aromatic rings. The lowest BCUT2D eigenvalue weighted by atomic mass is 9.91. The van der Waals surface area contributed by atoms with Gasteiger partial charge in [0, 0.05) is 30.6 Å². The first-order chi connectivity index (χ1) is 17.8. The van der Waals surface area contributed by atoms with Crippen LogP contribution in [-0.2, 0) is 15.4 Å². The first-order valence-electron chi connectivity index (χ1n) is 12.0. The number of nitrogens with zero attached hydrogens (tertiary/aromatic N) is 4. The molecule has 12 heteroatoms. The molecule has 10 nitrogen and oxygen atoms in total. The number of carbonyl (C=O) groups excluding carboxylic acids is 1. The first-order valence-corrected chi connectivity index (χ1v) is 13.4. The second kappa shape index (κ2) is 7.56. The number of carbonyl (C=O) groups is 1. The Balaban J connectivity index is 1.19. The summed E-state index contributed by atoms with van der Waals surface area (Å²) in [6, 6.07) is 11.4. The van der Waals surface area contributed by atoms with Crippen LogP contribution in [0, 0.1) is 17.7 Å². The van der Waals surface area contributed by atoms with Crippen molar-refractivity contribution in [3.05, 3.63) is 65.6 Å². The van der Waals surface area contributed by atoms with E-state index in [1.165, 1.54) is 18.2 Å². The first kappa shape index (κ1) is 22.3. The maximum absolute atomic E-state index is 14.7. The van der Waals surface area contributed by atoms with E-state index in [4.69, 9.17) is 10.7 Å². The summed E-state index contributed by atoms with van der Waals surface area (Å²) >= 11 is 0. The van der Waals surface area contributed by atoms with E-state index in [0.717, 1.165) is 13.0 Å². The Kier molecular flexibility index (Phi) is 4.56. The highest BCUT2D eigenvalue weighted by Crippen LogP contribution is 2.63. The monoisotopic (exact) mass is 519 g/mol. The number of anilines is 1. The number of H-pyrrole nitrogens is 1. The Morgan fingerprint density at radius 3 is 2.84 bits per heavy atom. The van der Waals surface area contributed by atoms with Gasteiger partial charge in [-0.1, -0.05) is 24.3 Å². The Morgan fingerprint density at radius 1 is 1.19 bits per heavy atom. The van der Waals surface area contributed by atoms with Gasteiger partial charge < -0.3 is 10.6 Å². The molecule has 2 aromatic heterocycles. The number of halogens is 1. The van der Waals surface area contributed by atoms with Crippen molar-refractivity contribution in [2.45, 2.75) is 16.7 Å². The van der Waals surface area contributed by atoms with Crippen molar-refractivity contribution in [2.75, 3.05) is 24.5 Å². The third kappa shape index (κ3) is 3.08. The van der Waals surface area contributed by atoms with Gasteiger partial charge in [0.1, 0.15) is 22.0 Å². The van der Waals surface area contributed by atoms with Gasteiger partial charge in [-0.2, -0.15) is 5.10 Å². The molecule has 1 saturated heterocycles. The average molecular weight is 520 g/mol. The van der Waals surface area contributed by atoms with Gasteiger partial charge in [0.15, 0.2) is 0 Å². The number of piperidine rings is 1. The number of amides is 1. The molecular formula is C25H22FN7O3S. The molecule has 188 valence electrons. The molecule has 0 bridgehead atoms. The topological polar surface area (TPSA) is 147 Å². The zero-order valence-corrected chi connectivity index (χ0v) is 20.3. The molecule has 3 aliphatic rings. The van der Waals surface area contributed by atoms with Crippen LogP contribution in [0.5, 0.6) is 0 Å². The number of hydrogen-bond acceptors (Lipinski definition) is 8. The summed E-state index contributed by atoms with van der Waals surface area (Å²) in [4.78, 5) is 23.3. The molecule has 3 atom stereocenters. The Labute approximate surface area is 211 Å². The van der Waals surface area contributed by atoms with Crippen LogP contribution in [0.1, 0.15) is 22.3 Å². The van der Waals surface area contributed by atoms with Crippen molar-refractivity contribution < 1.29 is 17.6 Å². The second-order valence-electron chi connectivity index (χ2n) is 9.82. The minimum Gasteiger partial charge on any atom is -0.355 e. The zero-order chi connectivity index (χ0) is 25.5. The summed E-state index contributed by atoms with van der Waals surface area (Å²) in [5, 5.41) is 7.21. The van der Waals surface area contributed by atoms with Crippen LogP contribution >= 0.6 is 0 Å². The minimum atomic E-state index is -3.89. The molecule has 4 heterocycles. The van der Waals surface area contributed by atoms with E-state index >= 15 is 0 Å². The fourth-order valence-corrected chi connectivity index (χ4v) is 7.49. The normalized spacial score (nSPS) is 25.6. The summed E-state index contributed by atoms with van der Waals surface area (Å²) in [5.41, 5.74) is 8.57. The number of rotatable bonds is 4. The van der Waals surface area contributed by atoms with Gasteiger partial charge in [0.25, 0.3) is 15.9 Å². The van der Waals surface area contributed by atoms with Gasteiger partial charge in [-0.05, 0) is 42.0 Å². The lowest BCUT2D eigenvalue weighted by molar-refractivity contribution is 0.0985. The van der Waals surface area contributed by atoms with Crippen molar-refractivity contribution in [1.29, 1.82) is 0 Å². The van der Waals surface area contributed by atoms with Crippen LogP contribution in [0.15, 0.2) is 53.6 Å². The molecule has 0 unspecified atom stereocenters. The largest absolute Gasteiger partial charge is 0.355 e. The van der Waals surface area contributed by atoms with Gasteiger partial charge in [-0.25, -0.2) is 27.5 Å². The Bertz CT molecular complexity index is 1720. The SMILES string of the molecule is NC[C@]1(c2ccccc2F)[C@@H]2CCN(c3cnc4c(-c5ccc6c(c5)S(=O)(=O)NC6=O)[nH]nc4n3)C[C@@H]21. The highest BCUT2D eigenvalue weighted by Gasteiger charge is 2.66. The summed E-state index contributed by atoms with van der Waals surface area (Å²) in [6.45, 7) is 1.83. The van der Waals surface area contributed by atoms with E-state index in [1.54, 1.807) is 18.3 Å². The summed E-state index contributed by atoms with van der Waals surface area (Å²) in [6.07, 6.45) is 2.55. The number of benzene rings is 2. The van der Waals surface area contributed by atoms with Crippen molar-refractivity contribution in [2.24, 2.45) is 17.6 Å². The zero-order valence-electron chi connectivity index (χ0n) is 19.5. The molecule has 2 aromatic carbocycles. The summed E-state index contributed by atoms with van der Waals surface area (Å²) in [7, 11) is -3.89. The molecule has 2 fully saturated rings. The maximum Gasteiger partial charge on any atom is 0.266 e. The fraction of sp³-hybridized carbons (Fsp3) is 0.280. The molecule has 1 amide bonds. The lowest BCUT2D eigenvalue weighted by Crippen LogP contribution is -2.32. The van der Waals surface area contributed by atoms with E-state index < -0.39 is 15.9 Å². The third-order valence-electron chi connectivity index (χ3n) is 8.15. The van der Waals surface area contributed by atoms with Crippen molar-refractivity contribution in [1.82, 2.24) is 24.9 Å². The highest BCUT2D eigenvalue weighted by molar-refractivity contribution is 7.90. The molecule has 2 aliphatic heterocycles. The second-order valence-corrected chi connectivity index (χ2v) is 11.5. The van der Waals surface area contributed by atoms with Crippen LogP contribution in [0.25, 0.3) is 22.4 Å². The van der Waals surface area contributed by atoms with Crippen LogP contribution in [0.4, 0.5) is 10.2 Å². The quantitative estimate of drug-likeness (QED) is 0.371. The van der Waals surface area contributed by atoms with Crippen LogP contribution in [0.3, 0.4) is 0 Å². The number of aromatic nitrogens is 4. The standard InChI is InChI=1S/C25H22FN7O3S/c26-18-4-2-1-3-16(18)25(12-27)15-7-8-33(11-17(15)25)20-10-28-22-21(30-31-23(22)29-20)13-5-6-14-19(9-13)37(35,36)32-24(14)34/h1-6,9-10,15,17H,7-8,11-12,27H2,(H,32,34)(H,29,30,31)/t15-,17+,25-/m1/s1. The van der Waals surface area contributed by atoms with Crippen molar-refractivity contribution in [3.63, 3.8) is 0 Å². The molecular weight excluding hydrogens is 497 g/mol. The number of nitrogens with one attached hydrogen (secondary N) is 2. The number of nitrogens with two attached hydrogens (primary N) is 1. The summed E-state index contributed by atoms with van der Waals surface area (Å²) in [5.74, 6) is 0.366. The Hall–Kier alpha value is -3.90. The molecule has 7 rings (SSSR count). The average Bonchev–Trinajstić information content (AvgIpc) is 3.23. The fourth-order valence-electron chi connectivity index (χ4n) is 6.30. The predicted molar refractivity (Wildman–Crippen MR) is 133 cm³/mol. The molecule has 0 radical (unpaired) electrons. The predicted octanol–water partition coefficient (Wildman–Crippen LogP) is 1.94. The van der Waals surface area contributed by atoms with Gasteiger partial charge >= 0.3 is 0 Å². The molecule has 1 aliphatic carbocycles. The van der Waals surface area contributed by atoms with Crippen LogP contribution < -0.4 is 15.4 Å². The number of sulfonamides is 1. The lowest BCUT2D eigenvalue weighted by Gasteiger charge is -2.26. The Morgan fingerprint density at radius 2 is 2.03 bits per heavy atom. The maximum atomic E-state index is 14.7. The molecule has 0 spiro atoms. The smallest absolute Gasteiger partial charge is 0.266 e. The van der Waals surface area contributed by atoms with E-state index in [1.807, 2.05) is 16.9 Å². The van der Waals surface area contributed by atoms with Crippen LogP contribution in [0.2, 0.25) is 0 Å². The van der Waals surface area contributed by atoms with Crippen molar-refractivity contribution >= 4 is 32.9 Å². The van der Waals surface area contributed by atoms with Gasteiger partial charge in [0.05, 0.1) is 17.5 Å². The highest BCUT2D eigenvalue weighted by atomic mass is 32.2. The third-order valence-corrected chi connectivity index (χ3v) is 9.52. The number of hydrogen-bond donors (Lipinski definition) is 3.